The molecule has 142 valence electrons. The third-order valence-corrected chi connectivity index (χ3v) is 4.64. The second-order valence-corrected chi connectivity index (χ2v) is 6.64. The van der Waals surface area contributed by atoms with Crippen molar-refractivity contribution in [2.24, 2.45) is 0 Å². The number of hydrogen-bond donors (Lipinski definition) is 2. The van der Waals surface area contributed by atoms with Crippen LogP contribution < -0.4 is 10.6 Å². The van der Waals surface area contributed by atoms with Crippen LogP contribution in [0.3, 0.4) is 0 Å². The first kappa shape index (κ1) is 17.5. The first-order valence-corrected chi connectivity index (χ1v) is 9.19. The van der Waals surface area contributed by atoms with Crippen molar-refractivity contribution in [3.63, 3.8) is 0 Å². The van der Waals surface area contributed by atoms with Crippen LogP contribution in [0.4, 0.5) is 0 Å². The topological polar surface area (TPSA) is 111 Å². The van der Waals surface area contributed by atoms with Crippen LogP contribution in [0.2, 0.25) is 0 Å². The van der Waals surface area contributed by atoms with E-state index >= 15 is 0 Å². The largest absolute Gasteiger partial charge is 0.461 e. The summed E-state index contributed by atoms with van der Waals surface area (Å²) < 4.78 is 12.2. The van der Waals surface area contributed by atoms with Crippen molar-refractivity contribution in [2.75, 3.05) is 6.54 Å². The Morgan fingerprint density at radius 3 is 3.15 bits per heavy atom. The molecule has 1 amide bonds. The molecule has 0 saturated carbocycles. The van der Waals surface area contributed by atoms with E-state index in [4.69, 9.17) is 8.94 Å². The van der Waals surface area contributed by atoms with Crippen molar-refractivity contribution in [2.45, 2.75) is 44.8 Å². The maximum Gasteiger partial charge on any atom is 0.273 e. The Labute approximate surface area is 156 Å². The molecule has 0 aromatic carbocycles. The molecule has 0 radical (unpaired) electrons. The van der Waals surface area contributed by atoms with Crippen LogP contribution in [0.5, 0.6) is 0 Å². The molecule has 9 nitrogen and oxygen atoms in total. The molecule has 1 aliphatic heterocycles. The molecule has 1 fully saturated rings. The van der Waals surface area contributed by atoms with Gasteiger partial charge in [-0.05, 0) is 37.9 Å². The normalized spacial score (nSPS) is 17.1. The number of piperidine rings is 1. The van der Waals surface area contributed by atoms with Crippen LogP contribution in [-0.4, -0.2) is 38.6 Å². The predicted octanol–water partition coefficient (Wildman–Crippen LogP) is 1.99. The van der Waals surface area contributed by atoms with E-state index < -0.39 is 0 Å². The highest BCUT2D eigenvalue weighted by Crippen LogP contribution is 2.20. The Bertz CT molecular complexity index is 863. The molecule has 1 atom stereocenters. The van der Waals surface area contributed by atoms with Gasteiger partial charge in [0, 0.05) is 18.7 Å². The Kier molecular flexibility index (Phi) is 5.29. The second-order valence-electron chi connectivity index (χ2n) is 6.64. The number of nitrogens with zero attached hydrogens (tertiary/aromatic N) is 4. The van der Waals surface area contributed by atoms with E-state index in [0.717, 1.165) is 19.5 Å². The number of amides is 1. The number of carbonyl (C=O) groups is 1. The van der Waals surface area contributed by atoms with Crippen LogP contribution >= 0.6 is 0 Å². The van der Waals surface area contributed by atoms with Crippen LogP contribution in [0.1, 0.15) is 41.9 Å². The Morgan fingerprint density at radius 2 is 2.33 bits per heavy atom. The lowest BCUT2D eigenvalue weighted by atomic mass is 10.0. The standard InChI is InChI=1S/C18H22N6O3/c25-18(20-11-14-10-17(27-22-14)16-5-3-9-26-16)15-12-24(23-21-15)8-6-13-4-1-2-7-19-13/h3,5,9-10,12-13,19H,1-2,4,6-8,11H2,(H,20,25). The first-order valence-electron chi connectivity index (χ1n) is 9.19. The predicted molar refractivity (Wildman–Crippen MR) is 95.7 cm³/mol. The third-order valence-electron chi connectivity index (χ3n) is 4.64. The van der Waals surface area contributed by atoms with E-state index in [-0.39, 0.29) is 12.5 Å². The second kappa shape index (κ2) is 8.17. The van der Waals surface area contributed by atoms with Gasteiger partial charge in [-0.15, -0.1) is 5.10 Å². The fraction of sp³-hybridized carbons (Fsp3) is 0.444. The summed E-state index contributed by atoms with van der Waals surface area (Å²) in [7, 11) is 0. The molecule has 1 aliphatic rings. The Balaban J connectivity index is 1.26. The van der Waals surface area contributed by atoms with E-state index in [9.17, 15) is 4.79 Å². The van der Waals surface area contributed by atoms with E-state index in [1.165, 1.54) is 19.3 Å². The van der Waals surface area contributed by atoms with Crippen LogP contribution in [0.15, 0.2) is 39.6 Å². The maximum absolute atomic E-state index is 12.3. The zero-order valence-electron chi connectivity index (χ0n) is 14.9. The van der Waals surface area contributed by atoms with E-state index in [1.54, 1.807) is 35.3 Å². The van der Waals surface area contributed by atoms with Gasteiger partial charge in [0.25, 0.3) is 5.91 Å². The van der Waals surface area contributed by atoms with Gasteiger partial charge in [-0.25, -0.2) is 0 Å². The van der Waals surface area contributed by atoms with Crippen LogP contribution in [0, 0.1) is 0 Å². The number of furan rings is 1. The zero-order valence-corrected chi connectivity index (χ0v) is 14.9. The van der Waals surface area contributed by atoms with Crippen molar-refractivity contribution in [3.05, 3.63) is 42.0 Å². The fourth-order valence-electron chi connectivity index (χ4n) is 3.16. The van der Waals surface area contributed by atoms with Gasteiger partial charge in [0.1, 0.15) is 5.69 Å². The van der Waals surface area contributed by atoms with Crippen molar-refractivity contribution in [1.82, 2.24) is 30.8 Å². The quantitative estimate of drug-likeness (QED) is 0.654. The molecule has 1 unspecified atom stereocenters. The lowest BCUT2D eigenvalue weighted by molar-refractivity contribution is 0.0945. The summed E-state index contributed by atoms with van der Waals surface area (Å²) in [6.07, 6.45) is 7.94. The summed E-state index contributed by atoms with van der Waals surface area (Å²) in [5, 5.41) is 18.2. The van der Waals surface area contributed by atoms with Crippen LogP contribution in [-0.2, 0) is 13.1 Å². The number of aromatic nitrogens is 4. The molecule has 9 heteroatoms. The van der Waals surface area contributed by atoms with Gasteiger partial charge in [-0.1, -0.05) is 16.8 Å². The SMILES string of the molecule is O=C(NCc1cc(-c2ccco2)on1)c1cn(CCC2CCCCN2)nn1. The number of carbonyl (C=O) groups excluding carboxylic acids is 1. The number of nitrogens with one attached hydrogen (secondary N) is 2. The van der Waals surface area contributed by atoms with Crippen molar-refractivity contribution in [1.29, 1.82) is 0 Å². The zero-order chi connectivity index (χ0) is 18.5. The van der Waals surface area contributed by atoms with Gasteiger partial charge in [-0.3, -0.25) is 9.48 Å². The smallest absolute Gasteiger partial charge is 0.273 e. The molecule has 3 aromatic rings. The molecular weight excluding hydrogens is 348 g/mol. The molecule has 0 bridgehead atoms. The molecule has 2 N–H and O–H groups in total. The van der Waals surface area contributed by atoms with Crippen LogP contribution in [0.25, 0.3) is 11.5 Å². The van der Waals surface area contributed by atoms with Gasteiger partial charge in [-0.2, -0.15) is 0 Å². The number of rotatable bonds is 7. The Hall–Kier alpha value is -2.94. The number of aryl methyl sites for hydroxylation is 1. The molecule has 4 heterocycles. The molecule has 27 heavy (non-hydrogen) atoms. The molecule has 0 spiro atoms. The summed E-state index contributed by atoms with van der Waals surface area (Å²) in [6, 6.07) is 5.81. The highest BCUT2D eigenvalue weighted by molar-refractivity contribution is 5.91. The first-order chi connectivity index (χ1) is 13.3. The summed E-state index contributed by atoms with van der Waals surface area (Å²) in [6.45, 7) is 2.06. The van der Waals surface area contributed by atoms with Crippen molar-refractivity contribution < 1.29 is 13.7 Å². The maximum atomic E-state index is 12.3. The highest BCUT2D eigenvalue weighted by atomic mass is 16.5. The molecule has 3 aromatic heterocycles. The fourth-order valence-corrected chi connectivity index (χ4v) is 3.16. The summed E-state index contributed by atoms with van der Waals surface area (Å²) in [4.78, 5) is 12.3. The molecule has 4 rings (SSSR count). The van der Waals surface area contributed by atoms with E-state index in [0.29, 0.717) is 29.0 Å². The summed E-state index contributed by atoms with van der Waals surface area (Å²) in [5.74, 6) is 0.821. The monoisotopic (exact) mass is 370 g/mol. The van der Waals surface area contributed by atoms with Gasteiger partial charge < -0.3 is 19.6 Å². The molecule has 0 aliphatic carbocycles. The minimum atomic E-state index is -0.292. The lowest BCUT2D eigenvalue weighted by Crippen LogP contribution is -2.34. The molecular formula is C18H22N6O3. The average molecular weight is 370 g/mol. The van der Waals surface area contributed by atoms with E-state index in [1.807, 2.05) is 0 Å². The van der Waals surface area contributed by atoms with E-state index in [2.05, 4.69) is 26.1 Å². The minimum absolute atomic E-state index is 0.238. The minimum Gasteiger partial charge on any atom is -0.461 e. The summed E-state index contributed by atoms with van der Waals surface area (Å²) in [5.41, 5.74) is 0.895. The van der Waals surface area contributed by atoms with Gasteiger partial charge in [0.05, 0.1) is 19.0 Å². The lowest BCUT2D eigenvalue weighted by Gasteiger charge is -2.23. The van der Waals surface area contributed by atoms with Crippen molar-refractivity contribution in [3.8, 4) is 11.5 Å². The highest BCUT2D eigenvalue weighted by Gasteiger charge is 2.15. The third kappa shape index (κ3) is 4.43. The van der Waals surface area contributed by atoms with Gasteiger partial charge >= 0.3 is 0 Å². The number of hydrogen-bond acceptors (Lipinski definition) is 7. The summed E-state index contributed by atoms with van der Waals surface area (Å²) >= 11 is 0. The van der Waals surface area contributed by atoms with Crippen molar-refractivity contribution >= 4 is 5.91 Å². The average Bonchev–Trinajstić information content (AvgIpc) is 3.46. The molecule has 1 saturated heterocycles. The van der Waals surface area contributed by atoms with Gasteiger partial charge in [0.15, 0.2) is 11.5 Å². The van der Waals surface area contributed by atoms with Gasteiger partial charge in [0.2, 0.25) is 5.76 Å². The Morgan fingerprint density at radius 1 is 1.37 bits per heavy atom.